The van der Waals surface area contributed by atoms with Crippen molar-refractivity contribution < 1.29 is 19.3 Å². The standard InChI is InChI=1S/C22H25N5O5S/c1-14-5-2-3-9-25(14)13-16-12-23-22(33-16)24-19(28)6-4-10-26-20(29)17-8-7-15(27(31)32)11-18(17)21(26)30/h7-8,11-12,14H,2-6,9-10,13H2,1H3,(H,23,24,28). The Balaban J connectivity index is 1.26. The van der Waals surface area contributed by atoms with Gasteiger partial charge in [0.15, 0.2) is 5.13 Å². The average Bonchev–Trinajstić information content (AvgIpc) is 3.32. The number of nitro groups is 1. The van der Waals surface area contributed by atoms with Gasteiger partial charge in [-0.05, 0) is 38.8 Å². The molecule has 3 amide bonds. The van der Waals surface area contributed by atoms with Gasteiger partial charge in [-0.3, -0.25) is 34.3 Å². The van der Waals surface area contributed by atoms with Gasteiger partial charge < -0.3 is 5.32 Å². The van der Waals surface area contributed by atoms with E-state index in [1.165, 1.54) is 42.7 Å². The van der Waals surface area contributed by atoms with Gasteiger partial charge in [-0.1, -0.05) is 6.42 Å². The number of fused-ring (bicyclic) bond motifs is 1. The van der Waals surface area contributed by atoms with Crippen LogP contribution in [0.5, 0.6) is 0 Å². The highest BCUT2D eigenvalue weighted by Crippen LogP contribution is 2.27. The zero-order chi connectivity index (χ0) is 23.5. The van der Waals surface area contributed by atoms with Gasteiger partial charge in [0.2, 0.25) is 5.91 Å². The number of thiazole rings is 1. The molecule has 11 heteroatoms. The molecule has 3 heterocycles. The molecule has 174 valence electrons. The van der Waals surface area contributed by atoms with Crippen molar-refractivity contribution in [3.63, 3.8) is 0 Å². The van der Waals surface area contributed by atoms with E-state index in [1.54, 1.807) is 6.20 Å². The summed E-state index contributed by atoms with van der Waals surface area (Å²) in [5, 5.41) is 14.2. The first-order chi connectivity index (χ1) is 15.8. The number of anilines is 1. The number of nitrogens with zero attached hydrogens (tertiary/aromatic N) is 4. The molecule has 2 aromatic rings. The highest BCUT2D eigenvalue weighted by Gasteiger charge is 2.36. The normalized spacial score (nSPS) is 18.5. The molecular formula is C22H25N5O5S. The van der Waals surface area contributed by atoms with Gasteiger partial charge in [-0.15, -0.1) is 11.3 Å². The number of carbonyl (C=O) groups excluding carboxylic acids is 3. The molecule has 0 radical (unpaired) electrons. The Morgan fingerprint density at radius 1 is 1.27 bits per heavy atom. The van der Waals surface area contributed by atoms with Crippen LogP contribution in [0.2, 0.25) is 0 Å². The first kappa shape index (κ1) is 23.0. The third-order valence-corrected chi connectivity index (χ3v) is 6.95. The fourth-order valence-corrected chi connectivity index (χ4v) is 5.06. The van der Waals surface area contributed by atoms with Crippen LogP contribution in [0.15, 0.2) is 24.4 Å². The maximum atomic E-state index is 12.5. The summed E-state index contributed by atoms with van der Waals surface area (Å²) in [5.41, 5.74) is -0.0703. The molecule has 10 nitrogen and oxygen atoms in total. The van der Waals surface area contributed by atoms with Crippen LogP contribution in [0.1, 0.15) is 64.6 Å². The maximum absolute atomic E-state index is 12.5. The van der Waals surface area contributed by atoms with Crippen molar-refractivity contribution in [3.05, 3.63) is 50.5 Å². The summed E-state index contributed by atoms with van der Waals surface area (Å²) in [6, 6.07) is 4.17. The summed E-state index contributed by atoms with van der Waals surface area (Å²) >= 11 is 1.45. The van der Waals surface area contributed by atoms with Crippen LogP contribution in [0, 0.1) is 10.1 Å². The van der Waals surface area contributed by atoms with Gasteiger partial charge in [0.1, 0.15) is 0 Å². The molecule has 2 aliphatic rings. The first-order valence-electron chi connectivity index (χ1n) is 11.0. The zero-order valence-corrected chi connectivity index (χ0v) is 19.1. The van der Waals surface area contributed by atoms with Gasteiger partial charge in [0.05, 0.1) is 16.1 Å². The summed E-state index contributed by atoms with van der Waals surface area (Å²) in [7, 11) is 0. The van der Waals surface area contributed by atoms with E-state index in [2.05, 4.69) is 22.1 Å². The Morgan fingerprint density at radius 2 is 2.06 bits per heavy atom. The lowest BCUT2D eigenvalue weighted by molar-refractivity contribution is -0.384. The Hall–Kier alpha value is -3.18. The second-order valence-corrected chi connectivity index (χ2v) is 9.46. The highest BCUT2D eigenvalue weighted by atomic mass is 32.1. The maximum Gasteiger partial charge on any atom is 0.270 e. The van der Waals surface area contributed by atoms with E-state index in [1.807, 2.05) is 0 Å². The molecule has 0 aliphatic carbocycles. The molecule has 1 saturated heterocycles. The van der Waals surface area contributed by atoms with E-state index in [0.717, 1.165) is 28.9 Å². The van der Waals surface area contributed by atoms with Gasteiger partial charge in [-0.2, -0.15) is 0 Å². The van der Waals surface area contributed by atoms with Crippen LogP contribution < -0.4 is 5.32 Å². The zero-order valence-electron chi connectivity index (χ0n) is 18.3. The molecule has 0 bridgehead atoms. The predicted octanol–water partition coefficient (Wildman–Crippen LogP) is 3.44. The van der Waals surface area contributed by atoms with Gasteiger partial charge >= 0.3 is 0 Å². The number of nitro benzene ring substituents is 1. The van der Waals surface area contributed by atoms with E-state index in [0.29, 0.717) is 11.2 Å². The van der Waals surface area contributed by atoms with Crippen molar-refractivity contribution in [2.75, 3.05) is 18.4 Å². The summed E-state index contributed by atoms with van der Waals surface area (Å²) in [6.07, 6.45) is 5.86. The van der Waals surface area contributed by atoms with Gasteiger partial charge in [0, 0.05) is 48.8 Å². The number of imide groups is 1. The molecule has 1 unspecified atom stereocenters. The third kappa shape index (κ3) is 5.09. The van der Waals surface area contributed by atoms with Crippen molar-refractivity contribution in [3.8, 4) is 0 Å². The third-order valence-electron chi connectivity index (χ3n) is 6.05. The van der Waals surface area contributed by atoms with Crippen molar-refractivity contribution in [2.24, 2.45) is 0 Å². The monoisotopic (exact) mass is 471 g/mol. The number of aromatic nitrogens is 1. The molecule has 4 rings (SSSR count). The lowest BCUT2D eigenvalue weighted by atomic mass is 10.0. The fourth-order valence-electron chi connectivity index (χ4n) is 4.21. The van der Waals surface area contributed by atoms with Crippen LogP contribution in [-0.2, 0) is 11.3 Å². The number of piperidine rings is 1. The SMILES string of the molecule is CC1CCCCN1Cc1cnc(NC(=O)CCCN2C(=O)c3ccc([N+](=O)[O-])cc3C2=O)s1. The Labute approximate surface area is 194 Å². The Morgan fingerprint density at radius 3 is 2.82 bits per heavy atom. The summed E-state index contributed by atoms with van der Waals surface area (Å²) < 4.78 is 0. The van der Waals surface area contributed by atoms with Crippen LogP contribution in [0.3, 0.4) is 0 Å². The fraction of sp³-hybridized carbons (Fsp3) is 0.455. The molecule has 1 fully saturated rings. The van der Waals surface area contributed by atoms with Crippen LogP contribution in [-0.4, -0.2) is 56.6 Å². The number of carbonyl (C=O) groups is 3. The number of hydrogen-bond donors (Lipinski definition) is 1. The van der Waals surface area contributed by atoms with Crippen LogP contribution in [0.25, 0.3) is 0 Å². The second kappa shape index (κ2) is 9.75. The van der Waals surface area contributed by atoms with E-state index >= 15 is 0 Å². The van der Waals surface area contributed by atoms with E-state index < -0.39 is 16.7 Å². The molecule has 0 spiro atoms. The second-order valence-electron chi connectivity index (χ2n) is 8.35. The van der Waals surface area contributed by atoms with Crippen molar-refractivity contribution in [2.45, 2.75) is 51.6 Å². The highest BCUT2D eigenvalue weighted by molar-refractivity contribution is 7.15. The molecule has 1 aromatic carbocycles. The van der Waals surface area contributed by atoms with Crippen molar-refractivity contribution in [1.29, 1.82) is 0 Å². The number of rotatable bonds is 8. The Kier molecular flexibility index (Phi) is 6.80. The van der Waals surface area contributed by atoms with E-state index in [9.17, 15) is 24.5 Å². The topological polar surface area (TPSA) is 126 Å². The Bertz CT molecular complexity index is 1100. The van der Waals surface area contributed by atoms with Crippen LogP contribution >= 0.6 is 11.3 Å². The first-order valence-corrected chi connectivity index (χ1v) is 11.8. The van der Waals surface area contributed by atoms with Crippen LogP contribution in [0.4, 0.5) is 10.8 Å². The number of likely N-dealkylation sites (tertiary alicyclic amines) is 1. The molecule has 1 N–H and O–H groups in total. The minimum atomic E-state index is -0.609. The molecule has 33 heavy (non-hydrogen) atoms. The lowest BCUT2D eigenvalue weighted by Gasteiger charge is -2.32. The number of hydrogen-bond acceptors (Lipinski definition) is 8. The van der Waals surface area contributed by atoms with E-state index in [4.69, 9.17) is 0 Å². The quantitative estimate of drug-likeness (QED) is 0.355. The smallest absolute Gasteiger partial charge is 0.270 e. The summed E-state index contributed by atoms with van der Waals surface area (Å²) in [4.78, 5) is 56.5. The lowest BCUT2D eigenvalue weighted by Crippen LogP contribution is -2.36. The summed E-state index contributed by atoms with van der Waals surface area (Å²) in [6.45, 7) is 4.19. The molecule has 0 saturated carbocycles. The summed E-state index contributed by atoms with van der Waals surface area (Å²) in [5.74, 6) is -1.31. The van der Waals surface area contributed by atoms with E-state index in [-0.39, 0.29) is 42.1 Å². The van der Waals surface area contributed by atoms with Crippen molar-refractivity contribution >= 4 is 39.9 Å². The largest absolute Gasteiger partial charge is 0.302 e. The molecular weight excluding hydrogens is 446 g/mol. The minimum Gasteiger partial charge on any atom is -0.302 e. The van der Waals surface area contributed by atoms with Gasteiger partial charge in [0.25, 0.3) is 17.5 Å². The minimum absolute atomic E-state index is 0.0250. The number of amides is 3. The number of nitrogens with one attached hydrogen (secondary N) is 1. The van der Waals surface area contributed by atoms with Gasteiger partial charge in [-0.25, -0.2) is 4.98 Å². The molecule has 1 aromatic heterocycles. The molecule has 1 atom stereocenters. The van der Waals surface area contributed by atoms with Crippen molar-refractivity contribution in [1.82, 2.24) is 14.8 Å². The molecule has 2 aliphatic heterocycles. The predicted molar refractivity (Wildman–Crippen MR) is 122 cm³/mol. The average molecular weight is 472 g/mol. The number of non-ortho nitro benzene ring substituents is 1. The number of benzene rings is 1.